The van der Waals surface area contributed by atoms with Gasteiger partial charge < -0.3 is 11.1 Å². The third kappa shape index (κ3) is 2.96. The van der Waals surface area contributed by atoms with Gasteiger partial charge in [0.05, 0.1) is 0 Å². The fraction of sp³-hybridized carbons (Fsp3) is 0.133. The van der Waals surface area contributed by atoms with Crippen molar-refractivity contribution in [3.8, 4) is 0 Å². The number of nitrogens with one attached hydrogen (secondary N) is 1. The van der Waals surface area contributed by atoms with Gasteiger partial charge in [-0.25, -0.2) is 0 Å². The molecule has 98 valence electrons. The summed E-state index contributed by atoms with van der Waals surface area (Å²) in [4.78, 5) is 12.2. The molecule has 2 rings (SSSR count). The highest BCUT2D eigenvalue weighted by molar-refractivity contribution is 9.10. The van der Waals surface area contributed by atoms with Crippen molar-refractivity contribution in [2.24, 2.45) is 0 Å². The summed E-state index contributed by atoms with van der Waals surface area (Å²) >= 11 is 3.35. The molecule has 0 radical (unpaired) electrons. The van der Waals surface area contributed by atoms with Gasteiger partial charge in [0, 0.05) is 21.4 Å². The van der Waals surface area contributed by atoms with E-state index >= 15 is 0 Å². The largest absolute Gasteiger partial charge is 0.398 e. The minimum atomic E-state index is -0.135. The van der Waals surface area contributed by atoms with Crippen molar-refractivity contribution >= 4 is 33.2 Å². The van der Waals surface area contributed by atoms with Gasteiger partial charge in [-0.2, -0.15) is 0 Å². The first kappa shape index (κ1) is 13.6. The summed E-state index contributed by atoms with van der Waals surface area (Å²) in [6, 6.07) is 11.0. The van der Waals surface area contributed by atoms with Gasteiger partial charge in [0.1, 0.15) is 0 Å². The number of carbonyl (C=O) groups excluding carboxylic acids is 1. The van der Waals surface area contributed by atoms with E-state index in [1.165, 1.54) is 0 Å². The molecule has 19 heavy (non-hydrogen) atoms. The van der Waals surface area contributed by atoms with Crippen LogP contribution in [0.15, 0.2) is 40.9 Å². The van der Waals surface area contributed by atoms with E-state index in [1.807, 2.05) is 38.1 Å². The zero-order chi connectivity index (χ0) is 14.0. The SMILES string of the molecule is Cc1ccc(N)c(C)c1NC(=O)c1ccc(Br)cc1. The number of nitrogens with two attached hydrogens (primary N) is 1. The Morgan fingerprint density at radius 3 is 2.37 bits per heavy atom. The number of carbonyl (C=O) groups is 1. The van der Waals surface area contributed by atoms with Crippen LogP contribution in [0.1, 0.15) is 21.5 Å². The number of benzene rings is 2. The highest BCUT2D eigenvalue weighted by atomic mass is 79.9. The smallest absolute Gasteiger partial charge is 0.255 e. The van der Waals surface area contributed by atoms with Crippen LogP contribution in [-0.4, -0.2) is 5.91 Å². The van der Waals surface area contributed by atoms with Gasteiger partial charge >= 0.3 is 0 Å². The topological polar surface area (TPSA) is 55.1 Å². The minimum absolute atomic E-state index is 0.135. The van der Waals surface area contributed by atoms with Crippen LogP contribution in [0.4, 0.5) is 11.4 Å². The summed E-state index contributed by atoms with van der Waals surface area (Å²) in [5.74, 6) is -0.135. The molecule has 0 aliphatic carbocycles. The van der Waals surface area contributed by atoms with Crippen molar-refractivity contribution in [3.63, 3.8) is 0 Å². The molecule has 4 heteroatoms. The third-order valence-electron chi connectivity index (χ3n) is 3.06. The molecule has 0 atom stereocenters. The van der Waals surface area contributed by atoms with E-state index in [-0.39, 0.29) is 5.91 Å². The Morgan fingerprint density at radius 1 is 1.11 bits per heavy atom. The fourth-order valence-electron chi connectivity index (χ4n) is 1.84. The second kappa shape index (κ2) is 5.45. The average molecular weight is 319 g/mol. The van der Waals surface area contributed by atoms with Gasteiger partial charge in [-0.15, -0.1) is 0 Å². The van der Waals surface area contributed by atoms with E-state index < -0.39 is 0 Å². The molecule has 3 nitrogen and oxygen atoms in total. The van der Waals surface area contributed by atoms with E-state index in [4.69, 9.17) is 5.73 Å². The number of amides is 1. The van der Waals surface area contributed by atoms with Crippen molar-refractivity contribution in [1.82, 2.24) is 0 Å². The van der Waals surface area contributed by atoms with E-state index in [0.717, 1.165) is 21.3 Å². The van der Waals surface area contributed by atoms with E-state index in [2.05, 4.69) is 21.2 Å². The van der Waals surface area contributed by atoms with Crippen molar-refractivity contribution in [3.05, 3.63) is 57.6 Å². The minimum Gasteiger partial charge on any atom is -0.398 e. The number of anilines is 2. The number of hydrogen-bond acceptors (Lipinski definition) is 2. The van der Waals surface area contributed by atoms with E-state index in [9.17, 15) is 4.79 Å². The second-order valence-electron chi connectivity index (χ2n) is 4.43. The Kier molecular flexibility index (Phi) is 3.90. The van der Waals surface area contributed by atoms with Crippen LogP contribution < -0.4 is 11.1 Å². The zero-order valence-corrected chi connectivity index (χ0v) is 12.4. The maximum absolute atomic E-state index is 12.2. The van der Waals surface area contributed by atoms with Gasteiger partial charge in [-0.05, 0) is 55.3 Å². The van der Waals surface area contributed by atoms with E-state index in [0.29, 0.717) is 11.3 Å². The summed E-state index contributed by atoms with van der Waals surface area (Å²) in [5.41, 5.74) is 9.84. The molecule has 0 fully saturated rings. The quantitative estimate of drug-likeness (QED) is 0.825. The lowest BCUT2D eigenvalue weighted by Gasteiger charge is -2.13. The summed E-state index contributed by atoms with van der Waals surface area (Å²) in [5, 5.41) is 2.92. The molecule has 0 aromatic heterocycles. The van der Waals surface area contributed by atoms with Crippen molar-refractivity contribution in [2.45, 2.75) is 13.8 Å². The van der Waals surface area contributed by atoms with Crippen LogP contribution in [0.25, 0.3) is 0 Å². The Bertz CT molecular complexity index is 621. The number of aryl methyl sites for hydroxylation is 1. The molecule has 1 amide bonds. The van der Waals surface area contributed by atoms with Crippen LogP contribution in [0.2, 0.25) is 0 Å². The Morgan fingerprint density at radius 2 is 1.74 bits per heavy atom. The summed E-state index contributed by atoms with van der Waals surface area (Å²) in [6.45, 7) is 3.85. The van der Waals surface area contributed by atoms with Gasteiger partial charge in [-0.3, -0.25) is 4.79 Å². The van der Waals surface area contributed by atoms with Gasteiger partial charge in [0.25, 0.3) is 5.91 Å². The van der Waals surface area contributed by atoms with Crippen molar-refractivity contribution < 1.29 is 4.79 Å². The van der Waals surface area contributed by atoms with Gasteiger partial charge in [-0.1, -0.05) is 22.0 Å². The molecule has 0 bridgehead atoms. The van der Waals surface area contributed by atoms with Crippen LogP contribution in [0.3, 0.4) is 0 Å². The predicted octanol–water partition coefficient (Wildman–Crippen LogP) is 3.90. The molecule has 0 heterocycles. The number of nitrogen functional groups attached to an aromatic ring is 1. The molecule has 3 N–H and O–H groups in total. The number of rotatable bonds is 2. The molecule has 0 saturated carbocycles. The molecule has 2 aromatic carbocycles. The molecule has 0 spiro atoms. The van der Waals surface area contributed by atoms with Crippen LogP contribution in [-0.2, 0) is 0 Å². The molecule has 0 aliphatic heterocycles. The lowest BCUT2D eigenvalue weighted by molar-refractivity contribution is 0.102. The first-order valence-electron chi connectivity index (χ1n) is 5.91. The molecule has 0 saturated heterocycles. The average Bonchev–Trinajstić information content (AvgIpc) is 2.40. The summed E-state index contributed by atoms with van der Waals surface area (Å²) in [6.07, 6.45) is 0. The van der Waals surface area contributed by atoms with E-state index in [1.54, 1.807) is 12.1 Å². The number of halogens is 1. The summed E-state index contributed by atoms with van der Waals surface area (Å²) < 4.78 is 0.945. The maximum atomic E-state index is 12.2. The molecule has 2 aromatic rings. The predicted molar refractivity (Wildman–Crippen MR) is 82.4 cm³/mol. The van der Waals surface area contributed by atoms with Crippen LogP contribution in [0, 0.1) is 13.8 Å². The molecule has 0 unspecified atom stereocenters. The lowest BCUT2D eigenvalue weighted by Crippen LogP contribution is -2.14. The van der Waals surface area contributed by atoms with Crippen molar-refractivity contribution in [1.29, 1.82) is 0 Å². The first-order valence-corrected chi connectivity index (χ1v) is 6.71. The summed E-state index contributed by atoms with van der Waals surface area (Å²) in [7, 11) is 0. The first-order chi connectivity index (χ1) is 8.99. The maximum Gasteiger partial charge on any atom is 0.255 e. The van der Waals surface area contributed by atoms with Crippen LogP contribution >= 0.6 is 15.9 Å². The highest BCUT2D eigenvalue weighted by Crippen LogP contribution is 2.25. The highest BCUT2D eigenvalue weighted by Gasteiger charge is 2.11. The monoisotopic (exact) mass is 318 g/mol. The molecular formula is C15H15BrN2O. The Labute approximate surface area is 121 Å². The third-order valence-corrected chi connectivity index (χ3v) is 3.59. The lowest BCUT2D eigenvalue weighted by atomic mass is 10.1. The standard InChI is InChI=1S/C15H15BrN2O/c1-9-3-8-13(17)10(2)14(9)18-15(19)11-4-6-12(16)7-5-11/h3-8H,17H2,1-2H3,(H,18,19). The molecule has 0 aliphatic rings. The zero-order valence-electron chi connectivity index (χ0n) is 10.8. The second-order valence-corrected chi connectivity index (χ2v) is 5.35. The van der Waals surface area contributed by atoms with Gasteiger partial charge in [0.2, 0.25) is 0 Å². The normalized spacial score (nSPS) is 10.3. The number of hydrogen-bond donors (Lipinski definition) is 2. The Hall–Kier alpha value is -1.81. The Balaban J connectivity index is 2.29. The fourth-order valence-corrected chi connectivity index (χ4v) is 2.11. The van der Waals surface area contributed by atoms with Gasteiger partial charge in [0.15, 0.2) is 0 Å². The van der Waals surface area contributed by atoms with Crippen molar-refractivity contribution in [2.75, 3.05) is 11.1 Å². The van der Waals surface area contributed by atoms with Crippen LogP contribution in [0.5, 0.6) is 0 Å². The molecular weight excluding hydrogens is 304 g/mol.